The predicted octanol–water partition coefficient (Wildman–Crippen LogP) is 1.90. The molecule has 0 spiro atoms. The van der Waals surface area contributed by atoms with Crippen LogP contribution in [0.25, 0.3) is 0 Å². The van der Waals surface area contributed by atoms with E-state index in [0.29, 0.717) is 12.2 Å². The van der Waals surface area contributed by atoms with Crippen molar-refractivity contribution in [3.8, 4) is 5.75 Å². The van der Waals surface area contributed by atoms with Gasteiger partial charge in [-0.05, 0) is 31.2 Å². The molecule has 7 heteroatoms. The van der Waals surface area contributed by atoms with Crippen LogP contribution in [0.4, 0.5) is 11.4 Å². The molecule has 24 heavy (non-hydrogen) atoms. The maximum absolute atomic E-state index is 12.4. The lowest BCUT2D eigenvalue weighted by molar-refractivity contribution is -0.122. The number of nitrogens with zero attached hydrogens (tertiary/aromatic N) is 3. The maximum atomic E-state index is 12.4. The molecule has 0 bridgehead atoms. The quantitative estimate of drug-likeness (QED) is 0.909. The molecule has 1 aliphatic rings. The van der Waals surface area contributed by atoms with Gasteiger partial charge in [-0.15, -0.1) is 0 Å². The van der Waals surface area contributed by atoms with Crippen LogP contribution in [0.2, 0.25) is 0 Å². The van der Waals surface area contributed by atoms with Crippen LogP contribution in [0.3, 0.4) is 0 Å². The molecular formula is C17H20N4O3. The standard InChI is InChI=1S/C17H20N4O3/c1-3-20-11-14(9-18-20)21-10-12(8-16(21)22)17(23)19-13-4-6-15(24-2)7-5-13/h4-7,9,11-12H,3,8,10H2,1-2H3,(H,19,23). The maximum Gasteiger partial charge on any atom is 0.229 e. The molecule has 3 rings (SSSR count). The zero-order valence-electron chi connectivity index (χ0n) is 13.7. The Balaban J connectivity index is 1.64. The van der Waals surface area contributed by atoms with Gasteiger partial charge in [0.05, 0.1) is 24.9 Å². The van der Waals surface area contributed by atoms with E-state index in [1.807, 2.05) is 13.1 Å². The smallest absolute Gasteiger partial charge is 0.229 e. The van der Waals surface area contributed by atoms with Gasteiger partial charge in [-0.2, -0.15) is 5.10 Å². The number of benzene rings is 1. The first-order valence-corrected chi connectivity index (χ1v) is 7.88. The normalized spacial score (nSPS) is 17.2. The molecule has 2 aromatic rings. The average Bonchev–Trinajstić information content (AvgIpc) is 3.21. The molecule has 7 nitrogen and oxygen atoms in total. The van der Waals surface area contributed by atoms with E-state index in [1.165, 1.54) is 0 Å². The van der Waals surface area contributed by atoms with Crippen LogP contribution in [0.1, 0.15) is 13.3 Å². The number of carbonyl (C=O) groups excluding carboxylic acids is 2. The van der Waals surface area contributed by atoms with Crippen molar-refractivity contribution in [3.63, 3.8) is 0 Å². The van der Waals surface area contributed by atoms with E-state index >= 15 is 0 Å². The van der Waals surface area contributed by atoms with Gasteiger partial charge in [0.1, 0.15) is 5.75 Å². The van der Waals surface area contributed by atoms with Crippen molar-refractivity contribution in [2.75, 3.05) is 23.9 Å². The van der Waals surface area contributed by atoms with Gasteiger partial charge >= 0.3 is 0 Å². The van der Waals surface area contributed by atoms with Gasteiger partial charge in [-0.3, -0.25) is 14.3 Å². The van der Waals surface area contributed by atoms with E-state index in [4.69, 9.17) is 4.74 Å². The monoisotopic (exact) mass is 328 g/mol. The van der Waals surface area contributed by atoms with Crippen molar-refractivity contribution < 1.29 is 14.3 Å². The molecule has 1 fully saturated rings. The summed E-state index contributed by atoms with van der Waals surface area (Å²) in [5.74, 6) is 0.146. The lowest BCUT2D eigenvalue weighted by atomic mass is 10.1. The summed E-state index contributed by atoms with van der Waals surface area (Å²) >= 11 is 0. The molecule has 1 N–H and O–H groups in total. The Morgan fingerprint density at radius 1 is 1.38 bits per heavy atom. The molecule has 1 aromatic heterocycles. The molecule has 1 saturated heterocycles. The van der Waals surface area contributed by atoms with Gasteiger partial charge in [-0.1, -0.05) is 0 Å². The minimum absolute atomic E-state index is 0.0551. The third kappa shape index (κ3) is 3.24. The fourth-order valence-electron chi connectivity index (χ4n) is 2.72. The van der Waals surface area contributed by atoms with E-state index in [1.54, 1.807) is 47.2 Å². The van der Waals surface area contributed by atoms with E-state index < -0.39 is 0 Å². The Bertz CT molecular complexity index is 739. The van der Waals surface area contributed by atoms with Crippen LogP contribution in [-0.4, -0.2) is 35.2 Å². The number of anilines is 2. The topological polar surface area (TPSA) is 76.5 Å². The number of rotatable bonds is 5. The van der Waals surface area contributed by atoms with Crippen LogP contribution in [0, 0.1) is 5.92 Å². The van der Waals surface area contributed by atoms with Crippen molar-refractivity contribution in [1.82, 2.24) is 9.78 Å². The first-order chi connectivity index (χ1) is 11.6. The number of methoxy groups -OCH3 is 1. The highest BCUT2D eigenvalue weighted by Gasteiger charge is 2.35. The third-order valence-electron chi connectivity index (χ3n) is 4.11. The van der Waals surface area contributed by atoms with Gasteiger partial charge in [0.25, 0.3) is 0 Å². The fourth-order valence-corrected chi connectivity index (χ4v) is 2.72. The Labute approximate surface area is 140 Å². The summed E-state index contributed by atoms with van der Waals surface area (Å²) in [6.45, 7) is 3.09. The molecule has 0 saturated carbocycles. The summed E-state index contributed by atoms with van der Waals surface area (Å²) in [5, 5.41) is 7.03. The number of hydrogen-bond acceptors (Lipinski definition) is 4. The number of ether oxygens (including phenoxy) is 1. The number of carbonyl (C=O) groups is 2. The molecule has 126 valence electrons. The second-order valence-corrected chi connectivity index (χ2v) is 5.68. The van der Waals surface area contributed by atoms with Crippen molar-refractivity contribution in [3.05, 3.63) is 36.7 Å². The number of amides is 2. The summed E-state index contributed by atoms with van der Waals surface area (Å²) in [4.78, 5) is 26.2. The molecule has 2 amide bonds. The van der Waals surface area contributed by atoms with Crippen molar-refractivity contribution in [1.29, 1.82) is 0 Å². The summed E-state index contributed by atoms with van der Waals surface area (Å²) in [6, 6.07) is 7.11. The number of hydrogen-bond donors (Lipinski definition) is 1. The molecule has 1 aromatic carbocycles. The van der Waals surface area contributed by atoms with E-state index in [-0.39, 0.29) is 24.2 Å². The lowest BCUT2D eigenvalue weighted by Crippen LogP contribution is -2.27. The minimum Gasteiger partial charge on any atom is -0.497 e. The molecular weight excluding hydrogens is 308 g/mol. The van der Waals surface area contributed by atoms with E-state index in [2.05, 4.69) is 10.4 Å². The van der Waals surface area contributed by atoms with Gasteiger partial charge in [0, 0.05) is 31.4 Å². The average molecular weight is 328 g/mol. The highest BCUT2D eigenvalue weighted by atomic mass is 16.5. The lowest BCUT2D eigenvalue weighted by Gasteiger charge is -2.14. The van der Waals surface area contributed by atoms with E-state index in [0.717, 1.165) is 18.0 Å². The molecule has 0 aliphatic carbocycles. The molecule has 1 aliphatic heterocycles. The summed E-state index contributed by atoms with van der Waals surface area (Å²) in [6.07, 6.45) is 3.69. The van der Waals surface area contributed by atoms with Gasteiger partial charge in [0.15, 0.2) is 0 Å². The predicted molar refractivity (Wildman–Crippen MR) is 90.0 cm³/mol. The number of aromatic nitrogens is 2. The van der Waals surface area contributed by atoms with Crippen LogP contribution in [0.15, 0.2) is 36.7 Å². The molecule has 1 unspecified atom stereocenters. The van der Waals surface area contributed by atoms with Crippen LogP contribution >= 0.6 is 0 Å². The van der Waals surface area contributed by atoms with Gasteiger partial charge < -0.3 is 15.0 Å². The van der Waals surface area contributed by atoms with Crippen molar-refractivity contribution in [2.24, 2.45) is 5.92 Å². The third-order valence-corrected chi connectivity index (χ3v) is 4.11. The second kappa shape index (κ2) is 6.74. The Kier molecular flexibility index (Phi) is 4.50. The second-order valence-electron chi connectivity index (χ2n) is 5.68. The van der Waals surface area contributed by atoms with Crippen molar-refractivity contribution in [2.45, 2.75) is 19.9 Å². The zero-order chi connectivity index (χ0) is 17.1. The Hall–Kier alpha value is -2.83. The van der Waals surface area contributed by atoms with Gasteiger partial charge in [0.2, 0.25) is 11.8 Å². The fraction of sp³-hybridized carbons (Fsp3) is 0.353. The largest absolute Gasteiger partial charge is 0.497 e. The highest BCUT2D eigenvalue weighted by Crippen LogP contribution is 2.26. The highest BCUT2D eigenvalue weighted by molar-refractivity contribution is 6.03. The molecule has 2 heterocycles. The first kappa shape index (κ1) is 16.0. The van der Waals surface area contributed by atoms with Crippen molar-refractivity contribution >= 4 is 23.2 Å². The Morgan fingerprint density at radius 2 is 2.12 bits per heavy atom. The van der Waals surface area contributed by atoms with Crippen LogP contribution < -0.4 is 15.0 Å². The first-order valence-electron chi connectivity index (χ1n) is 7.88. The summed E-state index contributed by atoms with van der Waals surface area (Å²) in [5.41, 5.74) is 1.42. The summed E-state index contributed by atoms with van der Waals surface area (Å²) in [7, 11) is 1.59. The van der Waals surface area contributed by atoms with Gasteiger partial charge in [-0.25, -0.2) is 0 Å². The van der Waals surface area contributed by atoms with E-state index in [9.17, 15) is 9.59 Å². The minimum atomic E-state index is -0.371. The SMILES string of the molecule is CCn1cc(N2CC(C(=O)Nc3ccc(OC)cc3)CC2=O)cn1. The summed E-state index contributed by atoms with van der Waals surface area (Å²) < 4.78 is 6.85. The molecule has 0 radical (unpaired) electrons. The molecule has 1 atom stereocenters. The Morgan fingerprint density at radius 3 is 2.75 bits per heavy atom. The van der Waals surface area contributed by atoms with Crippen LogP contribution in [0.5, 0.6) is 5.75 Å². The number of aryl methyl sites for hydroxylation is 1. The number of nitrogens with one attached hydrogen (secondary N) is 1. The van der Waals surface area contributed by atoms with Crippen LogP contribution in [-0.2, 0) is 16.1 Å². The zero-order valence-corrected chi connectivity index (χ0v) is 13.7.